The van der Waals surface area contributed by atoms with Crippen LogP contribution in [-0.4, -0.2) is 32.1 Å². The van der Waals surface area contributed by atoms with Crippen molar-refractivity contribution in [3.63, 3.8) is 0 Å². The molecular weight excluding hydrogens is 361 g/mol. The largest absolute Gasteiger partial charge is 0.494 e. The van der Waals surface area contributed by atoms with Gasteiger partial charge in [-0.15, -0.1) is 0 Å². The lowest BCUT2D eigenvalue weighted by molar-refractivity contribution is -0.904. The van der Waals surface area contributed by atoms with E-state index in [0.29, 0.717) is 18.8 Å². The Morgan fingerprint density at radius 2 is 1.89 bits per heavy atom. The molecule has 1 unspecified atom stereocenters. The Balaban J connectivity index is 1.90. The van der Waals surface area contributed by atoms with E-state index in [2.05, 4.69) is 10.6 Å². The highest BCUT2D eigenvalue weighted by Crippen LogP contribution is 2.17. The standard InChI is InChI=1S/C21H26FN3O3/c1-5-25(12-16-7-9-19(28-4)17(22)11-16)13-20(26)24-21(27)23-18-8-6-14(2)10-15(18)3/h6-11H,5,12-13H2,1-4H3,(H2,23,24,26,27)/p+1. The molecule has 0 aliphatic rings. The van der Waals surface area contributed by atoms with Gasteiger partial charge in [0, 0.05) is 11.3 Å². The molecule has 0 spiro atoms. The molecule has 0 aromatic heterocycles. The zero-order chi connectivity index (χ0) is 20.7. The third-order valence-corrected chi connectivity index (χ3v) is 4.46. The predicted molar refractivity (Wildman–Crippen MR) is 106 cm³/mol. The second-order valence-corrected chi connectivity index (χ2v) is 6.75. The number of hydrogen-bond donors (Lipinski definition) is 3. The molecule has 2 rings (SSSR count). The third kappa shape index (κ3) is 6.06. The van der Waals surface area contributed by atoms with Crippen LogP contribution < -0.4 is 20.3 Å². The number of aryl methyl sites for hydroxylation is 2. The van der Waals surface area contributed by atoms with Crippen LogP contribution in [0.3, 0.4) is 0 Å². The Kier molecular flexibility index (Phi) is 7.52. The van der Waals surface area contributed by atoms with E-state index >= 15 is 0 Å². The topological polar surface area (TPSA) is 71.9 Å². The predicted octanol–water partition coefficient (Wildman–Crippen LogP) is 2.20. The highest BCUT2D eigenvalue weighted by Gasteiger charge is 2.17. The Bertz CT molecular complexity index is 855. The zero-order valence-corrected chi connectivity index (χ0v) is 16.7. The summed E-state index contributed by atoms with van der Waals surface area (Å²) in [6.45, 7) is 7.00. The van der Waals surface area contributed by atoms with Gasteiger partial charge in [0.15, 0.2) is 18.1 Å². The van der Waals surface area contributed by atoms with Crippen molar-refractivity contribution >= 4 is 17.6 Å². The van der Waals surface area contributed by atoms with Gasteiger partial charge in [0.05, 0.1) is 13.7 Å². The first-order valence-electron chi connectivity index (χ1n) is 9.16. The van der Waals surface area contributed by atoms with E-state index in [1.54, 1.807) is 18.2 Å². The van der Waals surface area contributed by atoms with Crippen molar-refractivity contribution in [3.05, 3.63) is 58.9 Å². The van der Waals surface area contributed by atoms with Crippen molar-refractivity contribution in [1.82, 2.24) is 5.32 Å². The normalized spacial score (nSPS) is 11.6. The van der Waals surface area contributed by atoms with E-state index in [1.807, 2.05) is 32.9 Å². The Morgan fingerprint density at radius 3 is 2.50 bits per heavy atom. The number of amides is 3. The molecule has 2 aromatic carbocycles. The number of rotatable bonds is 7. The van der Waals surface area contributed by atoms with Crippen molar-refractivity contribution in [2.45, 2.75) is 27.3 Å². The highest BCUT2D eigenvalue weighted by atomic mass is 19.1. The zero-order valence-electron chi connectivity index (χ0n) is 16.7. The average Bonchev–Trinajstić information content (AvgIpc) is 2.63. The fourth-order valence-corrected chi connectivity index (χ4v) is 2.93. The van der Waals surface area contributed by atoms with Crippen LogP contribution >= 0.6 is 0 Å². The van der Waals surface area contributed by atoms with Crippen LogP contribution in [0.25, 0.3) is 0 Å². The van der Waals surface area contributed by atoms with Gasteiger partial charge in [-0.25, -0.2) is 9.18 Å². The number of carbonyl (C=O) groups excluding carboxylic acids is 2. The summed E-state index contributed by atoms with van der Waals surface area (Å²) in [5, 5.41) is 5.03. The third-order valence-electron chi connectivity index (χ3n) is 4.46. The van der Waals surface area contributed by atoms with Gasteiger partial charge in [-0.05, 0) is 50.6 Å². The number of halogens is 1. The molecule has 0 saturated heterocycles. The first kappa shape index (κ1) is 21.4. The summed E-state index contributed by atoms with van der Waals surface area (Å²) in [5.41, 5.74) is 3.42. The van der Waals surface area contributed by atoms with E-state index in [4.69, 9.17) is 4.74 Å². The van der Waals surface area contributed by atoms with Crippen molar-refractivity contribution < 1.29 is 23.6 Å². The first-order valence-corrected chi connectivity index (χ1v) is 9.16. The van der Waals surface area contributed by atoms with E-state index < -0.39 is 17.8 Å². The van der Waals surface area contributed by atoms with Crippen molar-refractivity contribution in [2.75, 3.05) is 25.5 Å². The molecule has 150 valence electrons. The molecule has 28 heavy (non-hydrogen) atoms. The minimum atomic E-state index is -0.567. The van der Waals surface area contributed by atoms with Crippen molar-refractivity contribution in [1.29, 1.82) is 0 Å². The van der Waals surface area contributed by atoms with Crippen LogP contribution in [-0.2, 0) is 11.3 Å². The van der Waals surface area contributed by atoms with E-state index in [0.717, 1.165) is 21.6 Å². The number of anilines is 1. The molecule has 0 saturated carbocycles. The molecule has 2 aromatic rings. The van der Waals surface area contributed by atoms with Gasteiger partial charge in [-0.2, -0.15) is 0 Å². The Morgan fingerprint density at radius 1 is 1.14 bits per heavy atom. The summed E-state index contributed by atoms with van der Waals surface area (Å²) >= 11 is 0. The number of methoxy groups -OCH3 is 1. The minimum Gasteiger partial charge on any atom is -0.494 e. The van der Waals surface area contributed by atoms with E-state index in [1.165, 1.54) is 13.2 Å². The van der Waals surface area contributed by atoms with Crippen LogP contribution in [0, 0.1) is 19.7 Å². The summed E-state index contributed by atoms with van der Waals surface area (Å²) in [4.78, 5) is 25.2. The molecule has 0 fully saturated rings. The van der Waals surface area contributed by atoms with Gasteiger partial charge < -0.3 is 15.0 Å². The molecule has 0 aliphatic carbocycles. The number of urea groups is 1. The second kappa shape index (κ2) is 9.85. The smallest absolute Gasteiger partial charge is 0.326 e. The molecule has 0 radical (unpaired) electrons. The molecule has 1 atom stereocenters. The molecule has 7 heteroatoms. The lowest BCUT2D eigenvalue weighted by atomic mass is 10.1. The van der Waals surface area contributed by atoms with Gasteiger partial charge in [-0.3, -0.25) is 10.1 Å². The maximum Gasteiger partial charge on any atom is 0.326 e. The van der Waals surface area contributed by atoms with Crippen LogP contribution in [0.5, 0.6) is 5.75 Å². The summed E-state index contributed by atoms with van der Waals surface area (Å²) in [7, 11) is 1.41. The Hall–Kier alpha value is -2.93. The number of ether oxygens (including phenoxy) is 1. The minimum absolute atomic E-state index is 0.102. The highest BCUT2D eigenvalue weighted by molar-refractivity contribution is 6.01. The monoisotopic (exact) mass is 388 g/mol. The fraction of sp³-hybridized carbons (Fsp3) is 0.333. The molecule has 0 heterocycles. The molecule has 3 N–H and O–H groups in total. The van der Waals surface area contributed by atoms with Crippen molar-refractivity contribution in [2.24, 2.45) is 0 Å². The Labute approximate surface area is 164 Å². The lowest BCUT2D eigenvalue weighted by Crippen LogP contribution is -3.11. The second-order valence-electron chi connectivity index (χ2n) is 6.75. The number of hydrogen-bond acceptors (Lipinski definition) is 3. The van der Waals surface area contributed by atoms with Crippen LogP contribution in [0.2, 0.25) is 0 Å². The number of benzene rings is 2. The van der Waals surface area contributed by atoms with Crippen molar-refractivity contribution in [3.8, 4) is 5.75 Å². The number of likely N-dealkylation sites (N-methyl/N-ethyl adjacent to an activating group) is 1. The molecule has 0 bridgehead atoms. The number of carbonyl (C=O) groups is 2. The van der Waals surface area contributed by atoms with Crippen LogP contribution in [0.15, 0.2) is 36.4 Å². The van der Waals surface area contributed by atoms with Gasteiger partial charge in [-0.1, -0.05) is 17.7 Å². The molecule has 6 nitrogen and oxygen atoms in total. The SMILES string of the molecule is CC[NH+](CC(=O)NC(=O)Nc1ccc(C)cc1C)Cc1ccc(OC)c(F)c1. The van der Waals surface area contributed by atoms with Crippen LogP contribution in [0.1, 0.15) is 23.6 Å². The van der Waals surface area contributed by atoms with E-state index in [9.17, 15) is 14.0 Å². The molecule has 0 aliphatic heterocycles. The summed E-state index contributed by atoms with van der Waals surface area (Å²) in [6.07, 6.45) is 0. The number of nitrogens with one attached hydrogen (secondary N) is 3. The number of quaternary nitrogens is 1. The summed E-state index contributed by atoms with van der Waals surface area (Å²) in [5.74, 6) is -0.650. The molecular formula is C21H27FN3O3+. The lowest BCUT2D eigenvalue weighted by Gasteiger charge is -2.17. The molecule has 3 amide bonds. The van der Waals surface area contributed by atoms with Gasteiger partial charge >= 0.3 is 6.03 Å². The van der Waals surface area contributed by atoms with E-state index in [-0.39, 0.29) is 12.3 Å². The van der Waals surface area contributed by atoms with Gasteiger partial charge in [0.2, 0.25) is 0 Å². The fourth-order valence-electron chi connectivity index (χ4n) is 2.93. The number of imide groups is 1. The van der Waals surface area contributed by atoms with Gasteiger partial charge in [0.25, 0.3) is 5.91 Å². The van der Waals surface area contributed by atoms with Crippen LogP contribution in [0.4, 0.5) is 14.9 Å². The average molecular weight is 388 g/mol. The quantitative estimate of drug-likeness (QED) is 0.681. The summed E-state index contributed by atoms with van der Waals surface area (Å²) < 4.78 is 18.8. The maximum atomic E-state index is 13.8. The summed E-state index contributed by atoms with van der Waals surface area (Å²) in [6, 6.07) is 9.81. The maximum absolute atomic E-state index is 13.8. The first-order chi connectivity index (χ1) is 13.3. The van der Waals surface area contributed by atoms with Gasteiger partial charge in [0.1, 0.15) is 6.54 Å².